The van der Waals surface area contributed by atoms with Crippen LogP contribution in [0.15, 0.2) is 47.5 Å². The van der Waals surface area contributed by atoms with E-state index in [1.165, 1.54) is 18.1 Å². The maximum Gasteiger partial charge on any atom is 0.283 e. The molecule has 0 atom stereocenters. The Labute approximate surface area is 180 Å². The van der Waals surface area contributed by atoms with Crippen LogP contribution in [0.3, 0.4) is 0 Å². The Morgan fingerprint density at radius 2 is 1.91 bits per heavy atom. The lowest BCUT2D eigenvalue weighted by molar-refractivity contribution is -0.116. The second-order valence-corrected chi connectivity index (χ2v) is 7.13. The number of rotatable bonds is 6. The zero-order valence-electron chi connectivity index (χ0n) is 17.2. The van der Waals surface area contributed by atoms with E-state index in [4.69, 9.17) is 4.74 Å². The van der Waals surface area contributed by atoms with Crippen molar-refractivity contribution in [3.63, 3.8) is 0 Å². The smallest absolute Gasteiger partial charge is 0.283 e. The summed E-state index contributed by atoms with van der Waals surface area (Å²) in [5.74, 6) is -1.42. The highest BCUT2D eigenvalue weighted by atomic mass is 19.1. The summed E-state index contributed by atoms with van der Waals surface area (Å²) in [7, 11) is 1.49. The molecule has 4 aromatic rings. The summed E-state index contributed by atoms with van der Waals surface area (Å²) in [5, 5.41) is 10.4. The third-order valence-corrected chi connectivity index (χ3v) is 4.69. The molecule has 32 heavy (non-hydrogen) atoms. The summed E-state index contributed by atoms with van der Waals surface area (Å²) in [6, 6.07) is 8.40. The summed E-state index contributed by atoms with van der Waals surface area (Å²) < 4.78 is 34.5. The van der Waals surface area contributed by atoms with Crippen LogP contribution in [0.25, 0.3) is 11.2 Å². The molecule has 164 valence electrons. The number of hydrogen-bond donors (Lipinski definition) is 1. The first-order chi connectivity index (χ1) is 15.3. The van der Waals surface area contributed by atoms with E-state index in [-0.39, 0.29) is 24.3 Å². The van der Waals surface area contributed by atoms with Gasteiger partial charge in [0.25, 0.3) is 5.56 Å². The Morgan fingerprint density at radius 1 is 1.16 bits per heavy atom. The monoisotopic (exact) mass is 440 g/mol. The largest absolute Gasteiger partial charge is 0.495 e. The standard InChI is InChI=1S/C21H18F2N6O3/c1-12-3-4-17(32-2)16(5-12)25-18(30)10-28-11-24-20-19(21(28)31)26-27-29(20)9-13-6-14(22)8-15(23)7-13/h3-8,11H,9-10H2,1-2H3,(H,25,30). The van der Waals surface area contributed by atoms with Gasteiger partial charge >= 0.3 is 0 Å². The molecule has 0 spiro atoms. The number of aryl methyl sites for hydroxylation is 1. The van der Waals surface area contributed by atoms with E-state index in [1.807, 2.05) is 13.0 Å². The molecule has 0 fully saturated rings. The minimum atomic E-state index is -0.726. The molecule has 2 aromatic heterocycles. The summed E-state index contributed by atoms with van der Waals surface area (Å²) in [4.78, 5) is 29.4. The molecular formula is C21H18F2N6O3. The molecular weight excluding hydrogens is 422 g/mol. The molecule has 0 unspecified atom stereocenters. The molecule has 2 aromatic carbocycles. The van der Waals surface area contributed by atoms with Crippen LogP contribution in [-0.4, -0.2) is 37.6 Å². The van der Waals surface area contributed by atoms with Crippen LogP contribution >= 0.6 is 0 Å². The quantitative estimate of drug-likeness (QED) is 0.493. The molecule has 1 amide bonds. The number of nitrogens with zero attached hydrogens (tertiary/aromatic N) is 5. The van der Waals surface area contributed by atoms with E-state index in [2.05, 4.69) is 20.6 Å². The van der Waals surface area contributed by atoms with Crippen LogP contribution in [0.1, 0.15) is 11.1 Å². The minimum absolute atomic E-state index is 0.0325. The Balaban J connectivity index is 1.56. The second-order valence-electron chi connectivity index (χ2n) is 7.13. The van der Waals surface area contributed by atoms with E-state index < -0.39 is 23.1 Å². The summed E-state index contributed by atoms with van der Waals surface area (Å²) in [6.45, 7) is 1.54. The highest BCUT2D eigenvalue weighted by Gasteiger charge is 2.15. The van der Waals surface area contributed by atoms with Crippen LogP contribution in [0.5, 0.6) is 5.75 Å². The highest BCUT2D eigenvalue weighted by Crippen LogP contribution is 2.25. The van der Waals surface area contributed by atoms with Gasteiger partial charge in [0.05, 0.1) is 19.3 Å². The van der Waals surface area contributed by atoms with E-state index >= 15 is 0 Å². The highest BCUT2D eigenvalue weighted by molar-refractivity contribution is 5.92. The van der Waals surface area contributed by atoms with Crippen molar-refractivity contribution in [2.45, 2.75) is 20.0 Å². The number of carbonyl (C=O) groups excluding carboxylic acids is 1. The van der Waals surface area contributed by atoms with Gasteiger partial charge in [0.1, 0.15) is 30.3 Å². The third kappa shape index (κ3) is 4.31. The molecule has 0 aliphatic heterocycles. The Bertz CT molecular complexity index is 1360. The fourth-order valence-corrected chi connectivity index (χ4v) is 3.25. The molecule has 0 radical (unpaired) electrons. The summed E-state index contributed by atoms with van der Waals surface area (Å²) >= 11 is 0. The van der Waals surface area contributed by atoms with Crippen LogP contribution in [0, 0.1) is 18.6 Å². The van der Waals surface area contributed by atoms with E-state index in [0.29, 0.717) is 17.0 Å². The predicted octanol–water partition coefficient (Wildman–Crippen LogP) is 2.27. The average Bonchev–Trinajstić information content (AvgIpc) is 3.13. The molecule has 2 heterocycles. The first kappa shape index (κ1) is 21.1. The second kappa shape index (κ2) is 8.53. The molecule has 0 aliphatic rings. The maximum absolute atomic E-state index is 13.4. The number of anilines is 1. The van der Waals surface area contributed by atoms with Crippen molar-refractivity contribution >= 4 is 22.8 Å². The first-order valence-electron chi connectivity index (χ1n) is 9.52. The topological polar surface area (TPSA) is 104 Å². The predicted molar refractivity (Wildman–Crippen MR) is 111 cm³/mol. The van der Waals surface area contributed by atoms with Crippen molar-refractivity contribution in [2.75, 3.05) is 12.4 Å². The van der Waals surface area contributed by atoms with Crippen molar-refractivity contribution in [1.82, 2.24) is 24.5 Å². The van der Waals surface area contributed by atoms with Crippen LogP contribution < -0.4 is 15.6 Å². The number of hydrogen-bond acceptors (Lipinski definition) is 6. The van der Waals surface area contributed by atoms with Gasteiger partial charge in [-0.25, -0.2) is 18.4 Å². The van der Waals surface area contributed by atoms with E-state index in [0.717, 1.165) is 28.3 Å². The van der Waals surface area contributed by atoms with Gasteiger partial charge < -0.3 is 10.1 Å². The van der Waals surface area contributed by atoms with Crippen LogP contribution in [-0.2, 0) is 17.9 Å². The molecule has 0 bridgehead atoms. The minimum Gasteiger partial charge on any atom is -0.495 e. The summed E-state index contributed by atoms with van der Waals surface area (Å²) in [6.07, 6.45) is 1.20. The average molecular weight is 440 g/mol. The zero-order valence-corrected chi connectivity index (χ0v) is 17.2. The van der Waals surface area contributed by atoms with Gasteiger partial charge in [-0.3, -0.25) is 14.2 Å². The van der Waals surface area contributed by atoms with Gasteiger partial charge in [0.2, 0.25) is 5.91 Å². The SMILES string of the molecule is COc1ccc(C)cc1NC(=O)Cn1cnc2c(nnn2Cc2cc(F)cc(F)c2)c1=O. The fourth-order valence-electron chi connectivity index (χ4n) is 3.25. The lowest BCUT2D eigenvalue weighted by Gasteiger charge is -2.11. The number of aromatic nitrogens is 5. The molecule has 0 saturated heterocycles. The van der Waals surface area contributed by atoms with Gasteiger partial charge in [0, 0.05) is 6.07 Å². The number of fused-ring (bicyclic) bond motifs is 1. The number of carbonyl (C=O) groups is 1. The van der Waals surface area contributed by atoms with Gasteiger partial charge in [0.15, 0.2) is 11.2 Å². The molecule has 1 N–H and O–H groups in total. The lowest BCUT2D eigenvalue weighted by atomic mass is 10.2. The normalized spacial score (nSPS) is 11.0. The van der Waals surface area contributed by atoms with Crippen LogP contribution in [0.2, 0.25) is 0 Å². The maximum atomic E-state index is 13.4. The Hall–Kier alpha value is -4.15. The number of methoxy groups -OCH3 is 1. The van der Waals surface area contributed by atoms with Crippen molar-refractivity contribution in [2.24, 2.45) is 0 Å². The van der Waals surface area contributed by atoms with Gasteiger partial charge in [-0.1, -0.05) is 11.3 Å². The Kier molecular flexibility index (Phi) is 5.63. The van der Waals surface area contributed by atoms with Crippen molar-refractivity contribution in [1.29, 1.82) is 0 Å². The Morgan fingerprint density at radius 3 is 2.62 bits per heavy atom. The van der Waals surface area contributed by atoms with Crippen molar-refractivity contribution in [3.05, 3.63) is 75.8 Å². The van der Waals surface area contributed by atoms with E-state index in [1.54, 1.807) is 12.1 Å². The van der Waals surface area contributed by atoms with Crippen LogP contribution in [0.4, 0.5) is 14.5 Å². The number of amides is 1. The first-order valence-corrected chi connectivity index (χ1v) is 9.52. The van der Waals surface area contributed by atoms with Gasteiger partial charge in [-0.15, -0.1) is 5.10 Å². The number of ether oxygens (including phenoxy) is 1. The van der Waals surface area contributed by atoms with Crippen molar-refractivity contribution in [3.8, 4) is 5.75 Å². The number of halogens is 2. The van der Waals surface area contributed by atoms with E-state index in [9.17, 15) is 18.4 Å². The molecule has 9 nitrogen and oxygen atoms in total. The van der Waals surface area contributed by atoms with Gasteiger partial charge in [-0.05, 0) is 42.3 Å². The molecule has 0 aliphatic carbocycles. The molecule has 11 heteroatoms. The number of nitrogens with one attached hydrogen (secondary N) is 1. The third-order valence-electron chi connectivity index (χ3n) is 4.69. The molecule has 4 rings (SSSR count). The summed E-state index contributed by atoms with van der Waals surface area (Å²) in [5.41, 5.74) is 1.20. The lowest BCUT2D eigenvalue weighted by Crippen LogP contribution is -2.28. The number of benzene rings is 2. The molecule has 0 saturated carbocycles. The van der Waals surface area contributed by atoms with Crippen molar-refractivity contribution < 1.29 is 18.3 Å². The van der Waals surface area contributed by atoms with Gasteiger partial charge in [-0.2, -0.15) is 0 Å². The zero-order chi connectivity index (χ0) is 22.8. The fraction of sp³-hybridized carbons (Fsp3) is 0.190.